The Labute approximate surface area is 375 Å². The first-order valence-corrected chi connectivity index (χ1v) is 22.1. The smallest absolute Gasteiger partial charge is 0.160 e. The Balaban J connectivity index is 0.927. The molecule has 0 atom stereocenters. The van der Waals surface area contributed by atoms with Gasteiger partial charge in [-0.3, -0.25) is 0 Å². The van der Waals surface area contributed by atoms with Gasteiger partial charge in [0.25, 0.3) is 0 Å². The molecule has 13 rings (SSSR count). The van der Waals surface area contributed by atoms with Crippen LogP contribution in [0.25, 0.3) is 132 Å². The molecule has 11 aromatic carbocycles. The zero-order valence-electron chi connectivity index (χ0n) is 35.2. The van der Waals surface area contributed by atoms with Crippen molar-refractivity contribution < 1.29 is 4.42 Å². The molecule has 0 spiro atoms. The molecular weight excluding hydrogens is 789 g/mol. The number of aromatic nitrogens is 2. The third-order valence-corrected chi connectivity index (χ3v) is 13.1. The van der Waals surface area contributed by atoms with Gasteiger partial charge in [-0.15, -0.1) is 0 Å². The van der Waals surface area contributed by atoms with E-state index in [2.05, 4.69) is 194 Å². The van der Waals surface area contributed by atoms with Gasteiger partial charge in [-0.2, -0.15) is 0 Å². The molecule has 2 aromatic heterocycles. The van der Waals surface area contributed by atoms with Gasteiger partial charge in [-0.05, 0) is 95.9 Å². The van der Waals surface area contributed by atoms with Gasteiger partial charge in [0.15, 0.2) is 5.82 Å². The van der Waals surface area contributed by atoms with E-state index in [-0.39, 0.29) is 0 Å². The summed E-state index contributed by atoms with van der Waals surface area (Å²) in [4.78, 5) is 10.1. The van der Waals surface area contributed by atoms with E-state index < -0.39 is 0 Å². The lowest BCUT2D eigenvalue weighted by Crippen LogP contribution is -1.96. The molecule has 0 aliphatic carbocycles. The van der Waals surface area contributed by atoms with Gasteiger partial charge in [-0.25, -0.2) is 9.97 Å². The molecule has 3 nitrogen and oxygen atoms in total. The number of fused-ring (bicyclic) bond motifs is 11. The number of hydrogen-bond donors (Lipinski definition) is 0. The van der Waals surface area contributed by atoms with Crippen molar-refractivity contribution in [2.45, 2.75) is 0 Å². The summed E-state index contributed by atoms with van der Waals surface area (Å²) >= 11 is 0. The first-order valence-electron chi connectivity index (χ1n) is 22.1. The Hall–Kier alpha value is -8.66. The van der Waals surface area contributed by atoms with Crippen molar-refractivity contribution in [2.75, 3.05) is 0 Å². The van der Waals surface area contributed by atoms with Crippen LogP contribution < -0.4 is 0 Å². The van der Waals surface area contributed by atoms with E-state index in [0.29, 0.717) is 5.82 Å². The van der Waals surface area contributed by atoms with Crippen molar-refractivity contribution >= 4 is 65.0 Å². The number of benzene rings is 11. The third kappa shape index (κ3) is 6.20. The van der Waals surface area contributed by atoms with Crippen LogP contribution in [0.2, 0.25) is 0 Å². The van der Waals surface area contributed by atoms with Gasteiger partial charge in [0.2, 0.25) is 0 Å². The van der Waals surface area contributed by atoms with Crippen molar-refractivity contribution in [3.8, 4) is 67.3 Å². The Morgan fingerprint density at radius 2 is 0.692 bits per heavy atom. The fourth-order valence-corrected chi connectivity index (χ4v) is 9.95. The fourth-order valence-electron chi connectivity index (χ4n) is 9.95. The van der Waals surface area contributed by atoms with E-state index in [9.17, 15) is 0 Å². The van der Waals surface area contributed by atoms with Crippen molar-refractivity contribution in [2.24, 2.45) is 0 Å². The minimum absolute atomic E-state index is 0.702. The van der Waals surface area contributed by atoms with Crippen LogP contribution in [0.5, 0.6) is 0 Å². The molecule has 0 N–H and O–H groups in total. The summed E-state index contributed by atoms with van der Waals surface area (Å²) in [6, 6.07) is 82.2. The van der Waals surface area contributed by atoms with Crippen LogP contribution in [-0.4, -0.2) is 9.97 Å². The number of furan rings is 1. The molecule has 302 valence electrons. The third-order valence-electron chi connectivity index (χ3n) is 13.1. The minimum atomic E-state index is 0.702. The maximum absolute atomic E-state index is 7.02. The maximum atomic E-state index is 7.02. The van der Waals surface area contributed by atoms with E-state index in [0.717, 1.165) is 77.7 Å². The summed E-state index contributed by atoms with van der Waals surface area (Å²) < 4.78 is 7.02. The van der Waals surface area contributed by atoms with Crippen LogP contribution in [0.3, 0.4) is 0 Å². The van der Waals surface area contributed by atoms with Crippen LogP contribution >= 0.6 is 0 Å². The first kappa shape index (κ1) is 36.9. The SMILES string of the molecule is c1ccc(-c2cc(-c3cccc(-c4cccc(-c5cccc6c5oc5c7ccccc7c(-c7ccc8c9ccccc9c9ccccc9c8c7)cc65)c4)c3)nc(-c3ccccc3)n2)cc1. The van der Waals surface area contributed by atoms with Crippen LogP contribution in [-0.2, 0) is 0 Å². The second-order valence-corrected chi connectivity index (χ2v) is 16.8. The van der Waals surface area contributed by atoms with Gasteiger partial charge in [0.1, 0.15) is 11.2 Å². The Kier molecular flexibility index (Phi) is 8.53. The van der Waals surface area contributed by atoms with Crippen LogP contribution in [0.1, 0.15) is 0 Å². The highest BCUT2D eigenvalue weighted by Gasteiger charge is 2.19. The van der Waals surface area contributed by atoms with Crippen molar-refractivity contribution in [1.82, 2.24) is 9.97 Å². The highest BCUT2D eigenvalue weighted by atomic mass is 16.3. The standard InChI is InChI=1S/C62H38N2O/c1-3-16-39(17-4-1)58-38-59(64-62(63-58)40-18-5-2-6-19-40)45-23-14-21-42(35-45)41-20-13-22-43(34-41)46-30-15-31-54-57-37-55(51-28-11-12-29-53(51)61(57)65-60(46)54)44-32-33-52-49-26-8-7-24-47(49)48-25-9-10-27-50(48)56(52)36-44/h1-38H. The van der Waals surface area contributed by atoms with Crippen molar-refractivity contribution in [1.29, 1.82) is 0 Å². The van der Waals surface area contributed by atoms with E-state index >= 15 is 0 Å². The van der Waals surface area contributed by atoms with Gasteiger partial charge in [0.05, 0.1) is 11.4 Å². The van der Waals surface area contributed by atoms with Crippen molar-refractivity contribution in [3.05, 3.63) is 231 Å². The minimum Gasteiger partial charge on any atom is -0.455 e. The lowest BCUT2D eigenvalue weighted by atomic mass is 9.90. The molecule has 65 heavy (non-hydrogen) atoms. The lowest BCUT2D eigenvalue weighted by Gasteiger charge is -2.13. The average Bonchev–Trinajstić information content (AvgIpc) is 3.78. The quantitative estimate of drug-likeness (QED) is 0.157. The molecule has 0 saturated heterocycles. The topological polar surface area (TPSA) is 38.9 Å². The zero-order valence-corrected chi connectivity index (χ0v) is 35.2. The van der Waals surface area contributed by atoms with E-state index in [1.54, 1.807) is 0 Å². The largest absolute Gasteiger partial charge is 0.455 e. The summed E-state index contributed by atoms with van der Waals surface area (Å²) in [5, 5.41) is 12.1. The van der Waals surface area contributed by atoms with Gasteiger partial charge >= 0.3 is 0 Å². The molecule has 0 aliphatic rings. The normalized spacial score (nSPS) is 11.7. The van der Waals surface area contributed by atoms with Crippen LogP contribution in [0, 0.1) is 0 Å². The summed E-state index contributed by atoms with van der Waals surface area (Å²) in [5.74, 6) is 0.702. The Bertz CT molecular complexity index is 3910. The summed E-state index contributed by atoms with van der Waals surface area (Å²) in [7, 11) is 0. The number of rotatable bonds is 6. The molecule has 0 bridgehead atoms. The zero-order chi connectivity index (χ0) is 42.8. The monoisotopic (exact) mass is 826 g/mol. The first-order chi connectivity index (χ1) is 32.2. The number of para-hydroxylation sites is 1. The predicted octanol–water partition coefficient (Wildman–Crippen LogP) is 17.0. The Morgan fingerprint density at radius 1 is 0.231 bits per heavy atom. The average molecular weight is 827 g/mol. The van der Waals surface area contributed by atoms with E-state index in [1.165, 1.54) is 48.8 Å². The van der Waals surface area contributed by atoms with Gasteiger partial charge in [0, 0.05) is 38.4 Å². The molecule has 3 heteroatoms. The molecule has 0 aliphatic heterocycles. The van der Waals surface area contributed by atoms with Gasteiger partial charge < -0.3 is 4.42 Å². The van der Waals surface area contributed by atoms with E-state index in [4.69, 9.17) is 14.4 Å². The molecule has 0 radical (unpaired) electrons. The van der Waals surface area contributed by atoms with Crippen LogP contribution in [0.15, 0.2) is 235 Å². The fraction of sp³-hybridized carbons (Fsp3) is 0. The molecule has 0 fully saturated rings. The Morgan fingerprint density at radius 3 is 1.38 bits per heavy atom. The van der Waals surface area contributed by atoms with E-state index in [1.807, 2.05) is 36.4 Å². The molecule has 0 saturated carbocycles. The molecule has 0 unspecified atom stereocenters. The lowest BCUT2D eigenvalue weighted by molar-refractivity contribution is 0.674. The number of nitrogens with zero attached hydrogens (tertiary/aromatic N) is 2. The molecule has 0 amide bonds. The summed E-state index contributed by atoms with van der Waals surface area (Å²) in [6.07, 6.45) is 0. The predicted molar refractivity (Wildman–Crippen MR) is 272 cm³/mol. The second kappa shape index (κ2) is 15.0. The van der Waals surface area contributed by atoms with Crippen LogP contribution in [0.4, 0.5) is 0 Å². The van der Waals surface area contributed by atoms with Crippen molar-refractivity contribution in [3.63, 3.8) is 0 Å². The van der Waals surface area contributed by atoms with Gasteiger partial charge in [-0.1, -0.05) is 200 Å². The summed E-state index contributed by atoms with van der Waals surface area (Å²) in [6.45, 7) is 0. The molecular formula is C62H38N2O. The number of hydrogen-bond acceptors (Lipinski definition) is 3. The molecule has 13 aromatic rings. The highest BCUT2D eigenvalue weighted by molar-refractivity contribution is 6.26. The summed E-state index contributed by atoms with van der Waals surface area (Å²) in [5.41, 5.74) is 13.4. The molecule has 2 heterocycles. The highest BCUT2D eigenvalue weighted by Crippen LogP contribution is 2.44. The maximum Gasteiger partial charge on any atom is 0.160 e. The second-order valence-electron chi connectivity index (χ2n) is 16.8.